The van der Waals surface area contributed by atoms with Gasteiger partial charge in [-0.05, 0) is 24.6 Å². The lowest BCUT2D eigenvalue weighted by Crippen LogP contribution is -2.03. The molecule has 17 heavy (non-hydrogen) atoms. The van der Waals surface area contributed by atoms with Gasteiger partial charge in [0, 0.05) is 7.05 Å². The molecule has 5 heteroatoms. The molecule has 2 rings (SSSR count). The van der Waals surface area contributed by atoms with Crippen LogP contribution in [0, 0.1) is 0 Å². The minimum atomic E-state index is -0.456. The van der Waals surface area contributed by atoms with Gasteiger partial charge in [-0.2, -0.15) is 0 Å². The van der Waals surface area contributed by atoms with Crippen LogP contribution in [-0.4, -0.2) is 19.9 Å². The molecule has 0 aliphatic carbocycles. The van der Waals surface area contributed by atoms with Crippen LogP contribution in [0.4, 0.5) is 0 Å². The van der Waals surface area contributed by atoms with Crippen molar-refractivity contribution in [2.24, 2.45) is 7.05 Å². The Kier molecular flexibility index (Phi) is 3.39. The number of aryl methyl sites for hydroxylation is 1. The first-order valence-corrected chi connectivity index (χ1v) is 5.40. The Hall–Kier alpha value is -1.88. The highest BCUT2D eigenvalue weighted by Gasteiger charge is 2.03. The largest absolute Gasteiger partial charge is 0.486 e. The molecule has 1 heterocycles. The molecule has 1 N–H and O–H groups in total. The molecule has 90 valence electrons. The van der Waals surface area contributed by atoms with Crippen LogP contribution in [0.1, 0.15) is 24.4 Å². The molecule has 1 atom stereocenters. The van der Waals surface area contributed by atoms with E-state index in [4.69, 9.17) is 4.74 Å². The molecule has 2 aromatic rings. The number of aliphatic hydroxyl groups excluding tert-OH is 1. The molecular formula is C12H15N3O2. The number of hydrogen-bond donors (Lipinski definition) is 1. The Morgan fingerprint density at radius 2 is 2.06 bits per heavy atom. The second-order valence-electron chi connectivity index (χ2n) is 3.89. The van der Waals surface area contributed by atoms with Gasteiger partial charge in [0.25, 0.3) is 0 Å². The van der Waals surface area contributed by atoms with Gasteiger partial charge in [0.2, 0.25) is 0 Å². The molecule has 0 radical (unpaired) electrons. The maximum Gasteiger partial charge on any atom is 0.170 e. The summed E-state index contributed by atoms with van der Waals surface area (Å²) in [7, 11) is 1.87. The molecule has 0 spiro atoms. The van der Waals surface area contributed by atoms with Crippen molar-refractivity contribution in [3.8, 4) is 5.75 Å². The van der Waals surface area contributed by atoms with Crippen LogP contribution in [0.15, 0.2) is 30.6 Å². The third-order valence-electron chi connectivity index (χ3n) is 2.54. The zero-order chi connectivity index (χ0) is 12.3. The van der Waals surface area contributed by atoms with E-state index in [1.54, 1.807) is 13.3 Å². The zero-order valence-corrected chi connectivity index (χ0v) is 9.87. The predicted octanol–water partition coefficient (Wildman–Crippen LogP) is 1.45. The van der Waals surface area contributed by atoms with Gasteiger partial charge in [0.15, 0.2) is 5.82 Å². The molecule has 1 aromatic carbocycles. The van der Waals surface area contributed by atoms with E-state index in [0.29, 0.717) is 6.61 Å². The van der Waals surface area contributed by atoms with Gasteiger partial charge in [-0.3, -0.25) is 0 Å². The maximum absolute atomic E-state index is 9.37. The normalized spacial score (nSPS) is 12.4. The average molecular weight is 233 g/mol. The van der Waals surface area contributed by atoms with Crippen molar-refractivity contribution in [3.05, 3.63) is 42.0 Å². The van der Waals surface area contributed by atoms with Crippen LogP contribution in [0.2, 0.25) is 0 Å². The summed E-state index contributed by atoms with van der Waals surface area (Å²) in [5.74, 6) is 1.52. The van der Waals surface area contributed by atoms with Crippen LogP contribution >= 0.6 is 0 Å². The van der Waals surface area contributed by atoms with Crippen LogP contribution < -0.4 is 4.74 Å². The molecule has 0 fully saturated rings. The summed E-state index contributed by atoms with van der Waals surface area (Å²) in [5.41, 5.74) is 0.871. The molecule has 0 bridgehead atoms. The van der Waals surface area contributed by atoms with E-state index in [2.05, 4.69) is 10.2 Å². The lowest BCUT2D eigenvalue weighted by molar-refractivity contribution is 0.199. The van der Waals surface area contributed by atoms with E-state index < -0.39 is 6.10 Å². The topological polar surface area (TPSA) is 60.2 Å². The lowest BCUT2D eigenvalue weighted by atomic mass is 10.1. The first kappa shape index (κ1) is 11.6. The number of benzene rings is 1. The fraction of sp³-hybridized carbons (Fsp3) is 0.333. The first-order valence-electron chi connectivity index (χ1n) is 5.40. The number of aliphatic hydroxyl groups is 1. The third kappa shape index (κ3) is 2.82. The number of ether oxygens (including phenoxy) is 1. The maximum atomic E-state index is 9.37. The quantitative estimate of drug-likeness (QED) is 0.868. The standard InChI is InChI=1S/C12H15N3O2/c1-9(16)10-3-5-11(6-4-10)17-7-12-14-13-8-15(12)2/h3-6,8-9,16H,7H2,1-2H3/t9-/m1/s1. The Morgan fingerprint density at radius 1 is 1.35 bits per heavy atom. The SMILES string of the molecule is C[C@@H](O)c1ccc(OCc2nncn2C)cc1. The van der Waals surface area contributed by atoms with Crippen molar-refractivity contribution in [2.75, 3.05) is 0 Å². The molecule has 1 aromatic heterocycles. The Balaban J connectivity index is 1.98. The van der Waals surface area contributed by atoms with Gasteiger partial charge >= 0.3 is 0 Å². The number of hydrogen-bond acceptors (Lipinski definition) is 4. The highest BCUT2D eigenvalue weighted by molar-refractivity contribution is 5.28. The molecule has 0 amide bonds. The van der Waals surface area contributed by atoms with Crippen LogP contribution in [0.3, 0.4) is 0 Å². The zero-order valence-electron chi connectivity index (χ0n) is 9.87. The summed E-state index contributed by atoms with van der Waals surface area (Å²) in [4.78, 5) is 0. The predicted molar refractivity (Wildman–Crippen MR) is 62.4 cm³/mol. The molecule has 0 aliphatic rings. The lowest BCUT2D eigenvalue weighted by Gasteiger charge is -2.08. The monoisotopic (exact) mass is 233 g/mol. The van der Waals surface area contributed by atoms with Crippen LogP contribution in [0.25, 0.3) is 0 Å². The molecule has 0 saturated carbocycles. The summed E-state index contributed by atoms with van der Waals surface area (Å²) < 4.78 is 7.37. The third-order valence-corrected chi connectivity index (χ3v) is 2.54. The van der Waals surface area contributed by atoms with Gasteiger partial charge in [-0.1, -0.05) is 12.1 Å². The Labute approximate surface area is 99.7 Å². The minimum Gasteiger partial charge on any atom is -0.486 e. The summed E-state index contributed by atoms with van der Waals surface area (Å²) in [6, 6.07) is 7.35. The van der Waals surface area contributed by atoms with Gasteiger partial charge in [-0.15, -0.1) is 10.2 Å². The smallest absolute Gasteiger partial charge is 0.170 e. The highest BCUT2D eigenvalue weighted by Crippen LogP contribution is 2.17. The van der Waals surface area contributed by atoms with Crippen molar-refractivity contribution in [1.82, 2.24) is 14.8 Å². The first-order chi connectivity index (χ1) is 8.16. The summed E-state index contributed by atoms with van der Waals surface area (Å²) in [6.07, 6.45) is 1.18. The van der Waals surface area contributed by atoms with E-state index in [9.17, 15) is 5.11 Å². The second kappa shape index (κ2) is 4.97. The van der Waals surface area contributed by atoms with E-state index in [1.807, 2.05) is 35.9 Å². The number of aromatic nitrogens is 3. The molecule has 5 nitrogen and oxygen atoms in total. The number of nitrogens with zero attached hydrogens (tertiary/aromatic N) is 3. The Bertz CT molecular complexity index is 477. The van der Waals surface area contributed by atoms with Crippen LogP contribution in [0.5, 0.6) is 5.75 Å². The van der Waals surface area contributed by atoms with Crippen molar-refractivity contribution < 1.29 is 9.84 Å². The van der Waals surface area contributed by atoms with E-state index in [-0.39, 0.29) is 0 Å². The van der Waals surface area contributed by atoms with E-state index in [0.717, 1.165) is 17.1 Å². The summed E-state index contributed by atoms with van der Waals surface area (Å²) >= 11 is 0. The summed E-state index contributed by atoms with van der Waals surface area (Å²) in [5, 5.41) is 17.1. The van der Waals surface area contributed by atoms with Gasteiger partial charge in [-0.25, -0.2) is 0 Å². The Morgan fingerprint density at radius 3 is 2.59 bits per heavy atom. The second-order valence-corrected chi connectivity index (χ2v) is 3.89. The molecule has 0 aliphatic heterocycles. The fourth-order valence-electron chi connectivity index (χ4n) is 1.43. The number of rotatable bonds is 4. The van der Waals surface area contributed by atoms with Crippen molar-refractivity contribution >= 4 is 0 Å². The van der Waals surface area contributed by atoms with E-state index >= 15 is 0 Å². The van der Waals surface area contributed by atoms with Crippen molar-refractivity contribution in [3.63, 3.8) is 0 Å². The van der Waals surface area contributed by atoms with Crippen LogP contribution in [-0.2, 0) is 13.7 Å². The minimum absolute atomic E-state index is 0.379. The fourth-order valence-corrected chi connectivity index (χ4v) is 1.43. The van der Waals surface area contributed by atoms with Gasteiger partial charge in [0.1, 0.15) is 18.7 Å². The molecular weight excluding hydrogens is 218 g/mol. The molecule has 0 unspecified atom stereocenters. The average Bonchev–Trinajstić information content (AvgIpc) is 2.73. The van der Waals surface area contributed by atoms with E-state index in [1.165, 1.54) is 0 Å². The highest BCUT2D eigenvalue weighted by atomic mass is 16.5. The molecule has 0 saturated heterocycles. The van der Waals surface area contributed by atoms with Gasteiger partial charge in [0.05, 0.1) is 6.10 Å². The van der Waals surface area contributed by atoms with Gasteiger partial charge < -0.3 is 14.4 Å². The van der Waals surface area contributed by atoms with Crippen molar-refractivity contribution in [1.29, 1.82) is 0 Å². The van der Waals surface area contributed by atoms with Crippen molar-refractivity contribution in [2.45, 2.75) is 19.6 Å². The summed E-state index contributed by atoms with van der Waals surface area (Å²) in [6.45, 7) is 2.11.